The number of hydrogen-bond acceptors (Lipinski definition) is 4. The summed E-state index contributed by atoms with van der Waals surface area (Å²) in [5, 5.41) is 32.8. The molecule has 0 fully saturated rings. The molecule has 1 amide bonds. The molecule has 4 N–H and O–H groups in total. The molecule has 0 spiro atoms. The second-order valence-corrected chi connectivity index (χ2v) is 11.3. The standard InChI is InChI=1S/C36H65NO4/c1-3-5-7-9-11-13-15-17-19-21-23-25-27-29-31-35(40)36(41)37-33(32-38)34(39)30-28-26-24-22-20-18-16-14-12-10-8-6-4-2/h12-15,20,22,28,30,33-35,38-40H,3-11,16-19,21,23-27,29,31-32H2,1-2H3,(H,37,41)/b14-12+,15-13-,22-20+,30-28+. The zero-order valence-electron chi connectivity index (χ0n) is 26.7. The second-order valence-electron chi connectivity index (χ2n) is 11.3. The van der Waals surface area contributed by atoms with Gasteiger partial charge in [0.25, 0.3) is 0 Å². The van der Waals surface area contributed by atoms with E-state index in [1.807, 2.05) is 6.08 Å². The van der Waals surface area contributed by atoms with Gasteiger partial charge >= 0.3 is 0 Å². The molecule has 5 nitrogen and oxygen atoms in total. The molecule has 3 atom stereocenters. The van der Waals surface area contributed by atoms with E-state index in [0.29, 0.717) is 6.42 Å². The molecule has 41 heavy (non-hydrogen) atoms. The minimum Gasteiger partial charge on any atom is -0.394 e. The van der Waals surface area contributed by atoms with Crippen LogP contribution in [0.1, 0.15) is 149 Å². The number of amides is 1. The summed E-state index contributed by atoms with van der Waals surface area (Å²) in [4.78, 5) is 12.3. The van der Waals surface area contributed by atoms with Gasteiger partial charge in [0.2, 0.25) is 5.91 Å². The van der Waals surface area contributed by atoms with Crippen molar-refractivity contribution in [2.75, 3.05) is 6.61 Å². The molecule has 0 aromatic rings. The quantitative estimate of drug-likeness (QED) is 0.0531. The molecular formula is C36H65NO4. The van der Waals surface area contributed by atoms with E-state index in [4.69, 9.17) is 0 Å². The number of unbranched alkanes of at least 4 members (excludes halogenated alkanes) is 15. The number of carbonyl (C=O) groups is 1. The van der Waals surface area contributed by atoms with E-state index in [-0.39, 0.29) is 6.61 Å². The van der Waals surface area contributed by atoms with Crippen molar-refractivity contribution in [3.05, 3.63) is 48.6 Å². The summed E-state index contributed by atoms with van der Waals surface area (Å²) in [6, 6.07) is -0.821. The van der Waals surface area contributed by atoms with Gasteiger partial charge in [0.1, 0.15) is 6.10 Å². The second kappa shape index (κ2) is 31.3. The van der Waals surface area contributed by atoms with Crippen molar-refractivity contribution in [3.63, 3.8) is 0 Å². The van der Waals surface area contributed by atoms with Crippen LogP contribution in [-0.2, 0) is 4.79 Å². The minimum absolute atomic E-state index is 0.385. The first-order chi connectivity index (χ1) is 20.1. The molecule has 0 saturated heterocycles. The molecule has 3 unspecified atom stereocenters. The Balaban J connectivity index is 3.89. The molecular weight excluding hydrogens is 510 g/mol. The van der Waals surface area contributed by atoms with E-state index in [9.17, 15) is 20.1 Å². The Hall–Kier alpha value is -1.69. The molecule has 0 aromatic heterocycles. The van der Waals surface area contributed by atoms with E-state index in [1.54, 1.807) is 6.08 Å². The first-order valence-electron chi connectivity index (χ1n) is 17.0. The largest absolute Gasteiger partial charge is 0.394 e. The van der Waals surface area contributed by atoms with Gasteiger partial charge in [0.15, 0.2) is 0 Å². The van der Waals surface area contributed by atoms with Gasteiger partial charge < -0.3 is 20.6 Å². The third-order valence-electron chi connectivity index (χ3n) is 7.37. The van der Waals surface area contributed by atoms with Crippen molar-refractivity contribution in [2.24, 2.45) is 0 Å². The molecule has 0 aromatic carbocycles. The normalized spacial score (nSPS) is 14.6. The average Bonchev–Trinajstić information content (AvgIpc) is 2.98. The first-order valence-corrected chi connectivity index (χ1v) is 17.0. The molecule has 0 radical (unpaired) electrons. The maximum atomic E-state index is 12.3. The minimum atomic E-state index is -1.11. The SMILES string of the molecule is CCCCC/C=C/CC/C=C/CC/C=C/C(O)C(CO)NC(=O)C(O)CCCCCCCC/C=C\CCCCCC. The van der Waals surface area contributed by atoms with Crippen LogP contribution in [0.4, 0.5) is 0 Å². The Kier molecular flexibility index (Phi) is 30.0. The molecule has 0 aliphatic heterocycles. The fourth-order valence-corrected chi connectivity index (χ4v) is 4.62. The van der Waals surface area contributed by atoms with Crippen LogP contribution in [0.5, 0.6) is 0 Å². The van der Waals surface area contributed by atoms with E-state index >= 15 is 0 Å². The fraction of sp³-hybridized carbons (Fsp3) is 0.750. The van der Waals surface area contributed by atoms with Crippen molar-refractivity contribution in [1.29, 1.82) is 0 Å². The zero-order valence-corrected chi connectivity index (χ0v) is 26.7. The summed E-state index contributed by atoms with van der Waals surface area (Å²) < 4.78 is 0. The Morgan fingerprint density at radius 3 is 1.54 bits per heavy atom. The van der Waals surface area contributed by atoms with E-state index in [0.717, 1.165) is 51.4 Å². The molecule has 238 valence electrons. The highest BCUT2D eigenvalue weighted by Gasteiger charge is 2.22. The number of hydrogen-bond donors (Lipinski definition) is 4. The van der Waals surface area contributed by atoms with Crippen molar-refractivity contribution >= 4 is 5.91 Å². The molecule has 5 heteroatoms. The summed E-state index contributed by atoms with van der Waals surface area (Å²) >= 11 is 0. The molecule has 0 rings (SSSR count). The zero-order chi connectivity index (χ0) is 30.2. The van der Waals surface area contributed by atoms with Gasteiger partial charge in [-0.3, -0.25) is 4.79 Å². The number of aliphatic hydroxyl groups excluding tert-OH is 3. The third kappa shape index (κ3) is 26.9. The lowest BCUT2D eigenvalue weighted by Gasteiger charge is -2.21. The lowest BCUT2D eigenvalue weighted by molar-refractivity contribution is -0.131. The molecule has 0 aliphatic carbocycles. The summed E-state index contributed by atoms with van der Waals surface area (Å²) in [6.45, 7) is 4.08. The van der Waals surface area contributed by atoms with Crippen molar-refractivity contribution in [2.45, 2.75) is 167 Å². The maximum Gasteiger partial charge on any atom is 0.249 e. The maximum absolute atomic E-state index is 12.3. The monoisotopic (exact) mass is 575 g/mol. The van der Waals surface area contributed by atoms with Crippen LogP contribution in [-0.4, -0.2) is 46.1 Å². The van der Waals surface area contributed by atoms with Gasteiger partial charge in [-0.1, -0.05) is 127 Å². The van der Waals surface area contributed by atoms with Gasteiger partial charge in [-0.05, 0) is 70.6 Å². The van der Waals surface area contributed by atoms with Crippen LogP contribution in [0.3, 0.4) is 0 Å². The Morgan fingerprint density at radius 2 is 1.00 bits per heavy atom. The van der Waals surface area contributed by atoms with Crippen LogP contribution in [0.15, 0.2) is 48.6 Å². The summed E-state index contributed by atoms with van der Waals surface area (Å²) in [5.41, 5.74) is 0. The summed E-state index contributed by atoms with van der Waals surface area (Å²) in [7, 11) is 0. The molecule has 0 saturated carbocycles. The molecule has 0 aliphatic rings. The smallest absolute Gasteiger partial charge is 0.249 e. The number of carbonyl (C=O) groups excluding carboxylic acids is 1. The Morgan fingerprint density at radius 1 is 0.585 bits per heavy atom. The highest BCUT2D eigenvalue weighted by molar-refractivity contribution is 5.80. The van der Waals surface area contributed by atoms with Gasteiger partial charge in [0, 0.05) is 0 Å². The van der Waals surface area contributed by atoms with E-state index in [1.165, 1.54) is 77.0 Å². The van der Waals surface area contributed by atoms with Gasteiger partial charge in [-0.2, -0.15) is 0 Å². The van der Waals surface area contributed by atoms with Crippen LogP contribution < -0.4 is 5.32 Å². The van der Waals surface area contributed by atoms with Crippen molar-refractivity contribution < 1.29 is 20.1 Å². The first kappa shape index (κ1) is 39.3. The fourth-order valence-electron chi connectivity index (χ4n) is 4.62. The molecule has 0 bridgehead atoms. The Bertz CT molecular complexity index is 685. The summed E-state index contributed by atoms with van der Waals surface area (Å²) in [6.07, 6.45) is 38.3. The van der Waals surface area contributed by atoms with Crippen molar-refractivity contribution in [1.82, 2.24) is 5.32 Å². The third-order valence-corrected chi connectivity index (χ3v) is 7.37. The topological polar surface area (TPSA) is 89.8 Å². The summed E-state index contributed by atoms with van der Waals surface area (Å²) in [5.74, 6) is -0.527. The number of allylic oxidation sites excluding steroid dienone is 7. The van der Waals surface area contributed by atoms with Gasteiger partial charge in [0.05, 0.1) is 18.8 Å². The predicted octanol–water partition coefficient (Wildman–Crippen LogP) is 8.64. The van der Waals surface area contributed by atoms with Crippen LogP contribution in [0.2, 0.25) is 0 Å². The predicted molar refractivity (Wildman–Crippen MR) is 176 cm³/mol. The van der Waals surface area contributed by atoms with Crippen LogP contribution in [0.25, 0.3) is 0 Å². The number of aliphatic hydroxyl groups is 3. The van der Waals surface area contributed by atoms with Gasteiger partial charge in [-0.25, -0.2) is 0 Å². The van der Waals surface area contributed by atoms with Crippen molar-refractivity contribution in [3.8, 4) is 0 Å². The molecule has 0 heterocycles. The van der Waals surface area contributed by atoms with E-state index in [2.05, 4.69) is 55.6 Å². The average molecular weight is 576 g/mol. The van der Waals surface area contributed by atoms with E-state index < -0.39 is 24.2 Å². The highest BCUT2D eigenvalue weighted by atomic mass is 16.3. The number of nitrogens with one attached hydrogen (secondary N) is 1. The lowest BCUT2D eigenvalue weighted by atomic mass is 10.0. The number of rotatable bonds is 29. The lowest BCUT2D eigenvalue weighted by Crippen LogP contribution is -2.48. The van der Waals surface area contributed by atoms with Crippen LogP contribution in [0, 0.1) is 0 Å². The van der Waals surface area contributed by atoms with Crippen LogP contribution >= 0.6 is 0 Å². The highest BCUT2D eigenvalue weighted by Crippen LogP contribution is 2.11. The Labute approximate surface area is 253 Å². The van der Waals surface area contributed by atoms with Gasteiger partial charge in [-0.15, -0.1) is 0 Å².